The van der Waals surface area contributed by atoms with Crippen LogP contribution in [0.2, 0.25) is 0 Å². The number of hydrogen-bond acceptors (Lipinski definition) is 6. The van der Waals surface area contributed by atoms with E-state index in [2.05, 4.69) is 20.2 Å². The quantitative estimate of drug-likeness (QED) is 0.735. The van der Waals surface area contributed by atoms with Crippen LogP contribution in [-0.4, -0.2) is 37.4 Å². The lowest BCUT2D eigenvalue weighted by molar-refractivity contribution is 0.125. The molecule has 3 heterocycles. The molecule has 0 spiro atoms. The van der Waals surface area contributed by atoms with Crippen LogP contribution in [0.4, 0.5) is 0 Å². The topological polar surface area (TPSA) is 78.3 Å². The molecule has 0 saturated heterocycles. The Morgan fingerprint density at radius 1 is 1.36 bits per heavy atom. The third kappa shape index (κ3) is 2.09. The van der Waals surface area contributed by atoms with E-state index in [0.717, 1.165) is 29.0 Å². The Bertz CT molecular complexity index is 838. The molecule has 0 bridgehead atoms. The third-order valence-electron chi connectivity index (χ3n) is 3.89. The number of aromatic nitrogens is 5. The average molecular weight is 299 g/mol. The van der Waals surface area contributed by atoms with Crippen LogP contribution in [0.1, 0.15) is 36.5 Å². The second-order valence-electron chi connectivity index (χ2n) is 5.62. The fourth-order valence-electron chi connectivity index (χ4n) is 2.75. The lowest BCUT2D eigenvalue weighted by Crippen LogP contribution is -1.97. The molecule has 2 unspecified atom stereocenters. The van der Waals surface area contributed by atoms with Gasteiger partial charge in [0, 0.05) is 18.0 Å². The minimum absolute atomic E-state index is 0.213. The van der Waals surface area contributed by atoms with E-state index in [4.69, 9.17) is 9.26 Å². The Balaban J connectivity index is 1.70. The zero-order valence-corrected chi connectivity index (χ0v) is 12.8. The van der Waals surface area contributed by atoms with Crippen LogP contribution in [-0.2, 0) is 4.74 Å². The summed E-state index contributed by atoms with van der Waals surface area (Å²) < 4.78 is 12.7. The fourth-order valence-corrected chi connectivity index (χ4v) is 2.75. The summed E-state index contributed by atoms with van der Waals surface area (Å²) in [6, 6.07) is 1.99. The van der Waals surface area contributed by atoms with Crippen LogP contribution in [0, 0.1) is 13.8 Å². The highest BCUT2D eigenvalue weighted by molar-refractivity contribution is 5.72. The van der Waals surface area contributed by atoms with E-state index in [-0.39, 0.29) is 12.0 Å². The lowest BCUT2D eigenvalue weighted by Gasteiger charge is -2.00. The maximum absolute atomic E-state index is 5.56. The predicted molar refractivity (Wildman–Crippen MR) is 78.5 cm³/mol. The molecule has 7 heteroatoms. The molecule has 0 N–H and O–H groups in total. The van der Waals surface area contributed by atoms with E-state index in [1.165, 1.54) is 0 Å². The molecule has 4 rings (SSSR count). The zero-order chi connectivity index (χ0) is 15.3. The summed E-state index contributed by atoms with van der Waals surface area (Å²) in [5.41, 5.74) is 3.50. The molecule has 114 valence electrons. The van der Waals surface area contributed by atoms with Crippen molar-refractivity contribution in [1.82, 2.24) is 24.7 Å². The standard InChI is InChI=1S/C15H17N5O2/c1-4-21-12-6-10(12)15-18-13(19-22-15)11-7-16-20-9(3)5-8(2)17-14(11)20/h5,7,10,12H,4,6H2,1-3H3. The highest BCUT2D eigenvalue weighted by atomic mass is 16.5. The summed E-state index contributed by atoms with van der Waals surface area (Å²) in [4.78, 5) is 9.05. The van der Waals surface area contributed by atoms with Gasteiger partial charge in [-0.3, -0.25) is 0 Å². The SMILES string of the molecule is CCOC1CC1c1nc(-c2cnn3c(C)cc(C)nc23)no1. The van der Waals surface area contributed by atoms with Crippen LogP contribution < -0.4 is 0 Å². The van der Waals surface area contributed by atoms with E-state index in [1.54, 1.807) is 10.7 Å². The number of nitrogens with zero attached hydrogens (tertiary/aromatic N) is 5. The minimum Gasteiger partial charge on any atom is -0.378 e. The van der Waals surface area contributed by atoms with Crippen molar-refractivity contribution in [3.8, 4) is 11.4 Å². The molecule has 1 aliphatic rings. The van der Waals surface area contributed by atoms with Crippen LogP contribution in [0.25, 0.3) is 17.0 Å². The Morgan fingerprint density at radius 3 is 3.05 bits per heavy atom. The number of ether oxygens (including phenoxy) is 1. The molecule has 3 aromatic rings. The van der Waals surface area contributed by atoms with Gasteiger partial charge in [-0.2, -0.15) is 10.1 Å². The van der Waals surface area contributed by atoms with Gasteiger partial charge in [-0.25, -0.2) is 9.50 Å². The zero-order valence-electron chi connectivity index (χ0n) is 12.8. The van der Waals surface area contributed by atoms with Gasteiger partial charge in [0.2, 0.25) is 11.7 Å². The van der Waals surface area contributed by atoms with Crippen molar-refractivity contribution in [2.45, 2.75) is 39.2 Å². The van der Waals surface area contributed by atoms with Crippen molar-refractivity contribution in [2.75, 3.05) is 6.61 Å². The second kappa shape index (κ2) is 4.88. The summed E-state index contributed by atoms with van der Waals surface area (Å²) in [6.45, 7) is 6.65. The highest BCUT2D eigenvalue weighted by Gasteiger charge is 2.43. The van der Waals surface area contributed by atoms with E-state index in [9.17, 15) is 0 Å². The van der Waals surface area contributed by atoms with Gasteiger partial charge in [0.1, 0.15) is 0 Å². The predicted octanol–water partition coefficient (Wildman–Crippen LogP) is 2.29. The Hall–Kier alpha value is -2.28. The van der Waals surface area contributed by atoms with Crippen molar-refractivity contribution >= 4 is 5.65 Å². The third-order valence-corrected chi connectivity index (χ3v) is 3.89. The van der Waals surface area contributed by atoms with Crippen molar-refractivity contribution < 1.29 is 9.26 Å². The molecule has 7 nitrogen and oxygen atoms in total. The summed E-state index contributed by atoms with van der Waals surface area (Å²) in [6.07, 6.45) is 2.89. The number of rotatable bonds is 4. The van der Waals surface area contributed by atoms with Crippen molar-refractivity contribution in [1.29, 1.82) is 0 Å². The summed E-state index contributed by atoms with van der Waals surface area (Å²) in [5, 5.41) is 8.45. The first-order valence-corrected chi connectivity index (χ1v) is 7.45. The highest BCUT2D eigenvalue weighted by Crippen LogP contribution is 2.43. The largest absolute Gasteiger partial charge is 0.378 e. The fraction of sp³-hybridized carbons (Fsp3) is 0.467. The first-order chi connectivity index (χ1) is 10.7. The van der Waals surface area contributed by atoms with Crippen molar-refractivity contribution in [3.05, 3.63) is 29.5 Å². The van der Waals surface area contributed by atoms with E-state index in [0.29, 0.717) is 18.3 Å². The monoisotopic (exact) mass is 299 g/mol. The van der Waals surface area contributed by atoms with Gasteiger partial charge >= 0.3 is 0 Å². The molecule has 0 aromatic carbocycles. The number of hydrogen-bond donors (Lipinski definition) is 0. The van der Waals surface area contributed by atoms with E-state index < -0.39 is 0 Å². The average Bonchev–Trinajstić information content (AvgIpc) is 2.91. The summed E-state index contributed by atoms with van der Waals surface area (Å²) >= 11 is 0. The molecule has 0 amide bonds. The van der Waals surface area contributed by atoms with Crippen LogP contribution in [0.5, 0.6) is 0 Å². The molecule has 3 aromatic heterocycles. The molecule has 1 saturated carbocycles. The van der Waals surface area contributed by atoms with Crippen LogP contribution in [0.3, 0.4) is 0 Å². The van der Waals surface area contributed by atoms with Gasteiger partial charge < -0.3 is 9.26 Å². The summed E-state index contributed by atoms with van der Waals surface area (Å²) in [5.74, 6) is 1.39. The van der Waals surface area contributed by atoms with Crippen LogP contribution >= 0.6 is 0 Å². The normalized spacial score (nSPS) is 20.7. The second-order valence-corrected chi connectivity index (χ2v) is 5.62. The molecule has 1 aliphatic carbocycles. The molecule has 1 fully saturated rings. The van der Waals surface area contributed by atoms with Crippen molar-refractivity contribution in [2.24, 2.45) is 0 Å². The van der Waals surface area contributed by atoms with E-state index in [1.807, 2.05) is 26.8 Å². The van der Waals surface area contributed by atoms with Gasteiger partial charge in [-0.15, -0.1) is 0 Å². The van der Waals surface area contributed by atoms with Gasteiger partial charge in [0.15, 0.2) is 5.65 Å². The lowest BCUT2D eigenvalue weighted by atomic mass is 10.3. The van der Waals surface area contributed by atoms with E-state index >= 15 is 0 Å². The first kappa shape index (κ1) is 13.4. The first-order valence-electron chi connectivity index (χ1n) is 7.45. The van der Waals surface area contributed by atoms with Crippen molar-refractivity contribution in [3.63, 3.8) is 0 Å². The van der Waals surface area contributed by atoms with Gasteiger partial charge in [-0.05, 0) is 33.3 Å². The van der Waals surface area contributed by atoms with Gasteiger partial charge in [0.05, 0.1) is 23.8 Å². The molecule has 2 atom stereocenters. The molecule has 0 radical (unpaired) electrons. The Kier molecular flexibility index (Phi) is 2.97. The Labute approximate surface area is 127 Å². The Morgan fingerprint density at radius 2 is 2.23 bits per heavy atom. The molecule has 0 aliphatic heterocycles. The number of fused-ring (bicyclic) bond motifs is 1. The smallest absolute Gasteiger partial charge is 0.232 e. The van der Waals surface area contributed by atoms with Gasteiger partial charge in [-0.1, -0.05) is 5.16 Å². The number of aryl methyl sites for hydroxylation is 2. The maximum Gasteiger partial charge on any atom is 0.232 e. The molecule has 22 heavy (non-hydrogen) atoms. The van der Waals surface area contributed by atoms with Crippen LogP contribution in [0.15, 0.2) is 16.8 Å². The summed E-state index contributed by atoms with van der Waals surface area (Å²) in [7, 11) is 0. The minimum atomic E-state index is 0.213. The molecular formula is C15H17N5O2. The maximum atomic E-state index is 5.56. The molecular weight excluding hydrogens is 282 g/mol. The van der Waals surface area contributed by atoms with Gasteiger partial charge in [0.25, 0.3) is 0 Å².